The molecule has 2 aromatic rings. The van der Waals surface area contributed by atoms with Gasteiger partial charge in [0, 0.05) is 30.4 Å². The van der Waals surface area contributed by atoms with E-state index in [1.54, 1.807) is 12.4 Å². The summed E-state index contributed by atoms with van der Waals surface area (Å²) >= 11 is 0. The third-order valence-electron chi connectivity index (χ3n) is 5.39. The maximum absolute atomic E-state index is 13.0. The molecule has 2 fully saturated rings. The van der Waals surface area contributed by atoms with Crippen LogP contribution in [0.5, 0.6) is 0 Å². The van der Waals surface area contributed by atoms with Crippen molar-refractivity contribution in [1.82, 2.24) is 20.1 Å². The Kier molecular flexibility index (Phi) is 4.76. The summed E-state index contributed by atoms with van der Waals surface area (Å²) in [6.07, 6.45) is 12.1. The highest BCUT2D eigenvalue weighted by Gasteiger charge is 2.35. The van der Waals surface area contributed by atoms with Crippen molar-refractivity contribution in [1.29, 1.82) is 0 Å². The van der Waals surface area contributed by atoms with Crippen LogP contribution < -0.4 is 0 Å². The standard InChI is InChI=1S/C19H24N4O2/c24-19(15-6-2-1-3-7-15)23-13-5-4-8-16(23)18-22-21-17(25-18)14-9-11-20-12-10-14/h9-12,15-16H,1-8,13H2/t16-/m0/s1. The molecule has 25 heavy (non-hydrogen) atoms. The summed E-state index contributed by atoms with van der Waals surface area (Å²) < 4.78 is 5.93. The molecule has 2 aromatic heterocycles. The Balaban J connectivity index is 1.55. The third-order valence-corrected chi connectivity index (χ3v) is 5.39. The molecule has 2 aliphatic rings. The Morgan fingerprint density at radius 1 is 1.00 bits per heavy atom. The summed E-state index contributed by atoms with van der Waals surface area (Å²) in [5, 5.41) is 8.45. The molecule has 0 unspecified atom stereocenters. The molecular formula is C19H24N4O2. The van der Waals surface area contributed by atoms with Crippen molar-refractivity contribution in [2.24, 2.45) is 5.92 Å². The first-order chi connectivity index (χ1) is 12.3. The van der Waals surface area contributed by atoms with Gasteiger partial charge in [-0.05, 0) is 44.2 Å². The Hall–Kier alpha value is -2.24. The number of rotatable bonds is 3. The second-order valence-corrected chi connectivity index (χ2v) is 7.06. The van der Waals surface area contributed by atoms with E-state index in [4.69, 9.17) is 4.42 Å². The fourth-order valence-corrected chi connectivity index (χ4v) is 4.02. The van der Waals surface area contributed by atoms with Gasteiger partial charge in [-0.1, -0.05) is 19.3 Å². The molecule has 1 aliphatic carbocycles. The van der Waals surface area contributed by atoms with Gasteiger partial charge in [0.15, 0.2) is 0 Å². The molecule has 3 heterocycles. The summed E-state index contributed by atoms with van der Waals surface area (Å²) in [4.78, 5) is 19.1. The quantitative estimate of drug-likeness (QED) is 0.850. The number of carbonyl (C=O) groups is 1. The average Bonchev–Trinajstić information content (AvgIpc) is 3.19. The van der Waals surface area contributed by atoms with Crippen LogP contribution in [0, 0.1) is 5.92 Å². The van der Waals surface area contributed by atoms with Gasteiger partial charge in [0.1, 0.15) is 6.04 Å². The molecule has 0 aromatic carbocycles. The van der Waals surface area contributed by atoms with Crippen LogP contribution in [0.4, 0.5) is 0 Å². The Bertz CT molecular complexity index is 709. The summed E-state index contributed by atoms with van der Waals surface area (Å²) in [5.74, 6) is 1.52. The van der Waals surface area contributed by atoms with Crippen LogP contribution in [-0.2, 0) is 4.79 Å². The van der Waals surface area contributed by atoms with E-state index in [0.717, 1.165) is 44.2 Å². The highest BCUT2D eigenvalue weighted by molar-refractivity contribution is 5.79. The lowest BCUT2D eigenvalue weighted by molar-refractivity contribution is -0.141. The second-order valence-electron chi connectivity index (χ2n) is 7.06. The minimum Gasteiger partial charge on any atom is -0.418 e. The zero-order valence-corrected chi connectivity index (χ0v) is 14.4. The Labute approximate surface area is 147 Å². The number of pyridine rings is 1. The van der Waals surface area contributed by atoms with E-state index in [-0.39, 0.29) is 17.9 Å². The summed E-state index contributed by atoms with van der Waals surface area (Å²) in [6.45, 7) is 0.799. The number of carbonyl (C=O) groups excluding carboxylic acids is 1. The van der Waals surface area contributed by atoms with Gasteiger partial charge >= 0.3 is 0 Å². The fraction of sp³-hybridized carbons (Fsp3) is 0.579. The molecule has 132 valence electrons. The topological polar surface area (TPSA) is 72.1 Å². The fourth-order valence-electron chi connectivity index (χ4n) is 4.02. The van der Waals surface area contributed by atoms with Gasteiger partial charge in [-0.25, -0.2) is 0 Å². The van der Waals surface area contributed by atoms with Crippen molar-refractivity contribution in [3.8, 4) is 11.5 Å². The molecule has 0 spiro atoms. The van der Waals surface area contributed by atoms with E-state index in [2.05, 4.69) is 15.2 Å². The number of nitrogens with zero attached hydrogens (tertiary/aromatic N) is 4. The first kappa shape index (κ1) is 16.2. The number of likely N-dealkylation sites (tertiary alicyclic amines) is 1. The van der Waals surface area contributed by atoms with Crippen LogP contribution in [0.2, 0.25) is 0 Å². The average molecular weight is 340 g/mol. The molecule has 6 heteroatoms. The predicted molar refractivity (Wildman–Crippen MR) is 92.4 cm³/mol. The number of aromatic nitrogens is 3. The van der Waals surface area contributed by atoms with Crippen molar-refractivity contribution in [2.75, 3.05) is 6.54 Å². The van der Waals surface area contributed by atoms with E-state index < -0.39 is 0 Å². The molecule has 0 radical (unpaired) electrons. The van der Waals surface area contributed by atoms with Gasteiger partial charge in [0.05, 0.1) is 0 Å². The maximum Gasteiger partial charge on any atom is 0.247 e. The van der Waals surface area contributed by atoms with E-state index in [9.17, 15) is 4.79 Å². The van der Waals surface area contributed by atoms with Gasteiger partial charge in [-0.2, -0.15) is 0 Å². The normalized spacial score (nSPS) is 22.1. The lowest BCUT2D eigenvalue weighted by Gasteiger charge is -2.36. The summed E-state index contributed by atoms with van der Waals surface area (Å²) in [5.41, 5.74) is 0.856. The molecule has 1 amide bonds. The SMILES string of the molecule is O=C(C1CCCCC1)N1CCCC[C@H]1c1nnc(-c2ccncc2)o1. The molecular weight excluding hydrogens is 316 g/mol. The van der Waals surface area contributed by atoms with Gasteiger partial charge in [-0.15, -0.1) is 10.2 Å². The summed E-state index contributed by atoms with van der Waals surface area (Å²) in [7, 11) is 0. The lowest BCUT2D eigenvalue weighted by Crippen LogP contribution is -2.42. The van der Waals surface area contributed by atoms with Gasteiger partial charge in [-0.3, -0.25) is 9.78 Å². The minimum atomic E-state index is -0.0775. The van der Waals surface area contributed by atoms with E-state index in [1.807, 2.05) is 17.0 Å². The van der Waals surface area contributed by atoms with Crippen LogP contribution in [0.15, 0.2) is 28.9 Å². The van der Waals surface area contributed by atoms with Gasteiger partial charge < -0.3 is 9.32 Å². The first-order valence-electron chi connectivity index (χ1n) is 9.37. The van der Waals surface area contributed by atoms with Crippen LogP contribution >= 0.6 is 0 Å². The molecule has 0 bridgehead atoms. The van der Waals surface area contributed by atoms with Crippen molar-refractivity contribution in [3.63, 3.8) is 0 Å². The zero-order valence-electron chi connectivity index (χ0n) is 14.4. The van der Waals surface area contributed by atoms with Crippen LogP contribution in [0.25, 0.3) is 11.5 Å². The van der Waals surface area contributed by atoms with Crippen molar-refractivity contribution >= 4 is 5.91 Å². The smallest absolute Gasteiger partial charge is 0.247 e. The predicted octanol–water partition coefficient (Wildman–Crippen LogP) is 3.77. The zero-order chi connectivity index (χ0) is 17.1. The maximum atomic E-state index is 13.0. The van der Waals surface area contributed by atoms with Crippen molar-refractivity contribution < 1.29 is 9.21 Å². The van der Waals surface area contributed by atoms with E-state index in [0.29, 0.717) is 11.8 Å². The Morgan fingerprint density at radius 3 is 2.56 bits per heavy atom. The van der Waals surface area contributed by atoms with E-state index >= 15 is 0 Å². The molecule has 1 atom stereocenters. The number of amides is 1. The van der Waals surface area contributed by atoms with Crippen molar-refractivity contribution in [3.05, 3.63) is 30.4 Å². The monoisotopic (exact) mass is 340 g/mol. The van der Waals surface area contributed by atoms with Crippen LogP contribution in [0.1, 0.15) is 63.3 Å². The lowest BCUT2D eigenvalue weighted by atomic mass is 9.87. The van der Waals surface area contributed by atoms with Crippen LogP contribution in [0.3, 0.4) is 0 Å². The number of piperidine rings is 1. The van der Waals surface area contributed by atoms with Gasteiger partial charge in [0.25, 0.3) is 0 Å². The summed E-state index contributed by atoms with van der Waals surface area (Å²) in [6, 6.07) is 3.62. The molecule has 1 aliphatic heterocycles. The minimum absolute atomic E-state index is 0.0775. The largest absolute Gasteiger partial charge is 0.418 e. The molecule has 1 saturated carbocycles. The highest BCUT2D eigenvalue weighted by atomic mass is 16.4. The molecule has 1 saturated heterocycles. The molecule has 4 rings (SSSR count). The van der Waals surface area contributed by atoms with Crippen LogP contribution in [-0.4, -0.2) is 32.5 Å². The molecule has 6 nitrogen and oxygen atoms in total. The van der Waals surface area contributed by atoms with Gasteiger partial charge in [0.2, 0.25) is 17.7 Å². The number of hydrogen-bond donors (Lipinski definition) is 0. The first-order valence-corrected chi connectivity index (χ1v) is 9.37. The molecule has 0 N–H and O–H groups in total. The van der Waals surface area contributed by atoms with E-state index in [1.165, 1.54) is 19.3 Å². The van der Waals surface area contributed by atoms with Crippen molar-refractivity contribution in [2.45, 2.75) is 57.4 Å². The third kappa shape index (κ3) is 3.43. The Morgan fingerprint density at radius 2 is 1.76 bits per heavy atom. The second kappa shape index (κ2) is 7.33. The number of hydrogen-bond acceptors (Lipinski definition) is 5. The highest BCUT2D eigenvalue weighted by Crippen LogP contribution is 2.35.